The number of nitrogens with zero attached hydrogens (tertiary/aromatic N) is 3. The molecule has 0 fully saturated rings. The third-order valence-electron chi connectivity index (χ3n) is 5.03. The normalized spacial score (nSPS) is 13.6. The average Bonchev–Trinajstić information content (AvgIpc) is 3.10. The zero-order valence-corrected chi connectivity index (χ0v) is 14.7. The van der Waals surface area contributed by atoms with Crippen molar-refractivity contribution >= 4 is 11.0 Å². The van der Waals surface area contributed by atoms with Crippen LogP contribution in [0.4, 0.5) is 0 Å². The molecule has 0 spiro atoms. The summed E-state index contributed by atoms with van der Waals surface area (Å²) in [5, 5.41) is 0.205. The smallest absolute Gasteiger partial charge is 0.271 e. The van der Waals surface area contributed by atoms with Crippen molar-refractivity contribution in [3.8, 4) is 5.69 Å². The highest BCUT2D eigenvalue weighted by Crippen LogP contribution is 2.23. The van der Waals surface area contributed by atoms with Gasteiger partial charge in [0.05, 0.1) is 5.69 Å². The van der Waals surface area contributed by atoms with Crippen LogP contribution in [-0.4, -0.2) is 14.1 Å². The average molecular weight is 335 g/mol. The van der Waals surface area contributed by atoms with E-state index in [1.807, 2.05) is 55.8 Å². The van der Waals surface area contributed by atoms with Crippen LogP contribution in [0, 0.1) is 0 Å². The van der Waals surface area contributed by atoms with E-state index >= 15 is 0 Å². The fourth-order valence-corrected chi connectivity index (χ4v) is 3.80. The minimum absolute atomic E-state index is 0.0562. The summed E-state index contributed by atoms with van der Waals surface area (Å²) in [4.78, 5) is 31.1. The lowest BCUT2D eigenvalue weighted by molar-refractivity contribution is 0.710. The summed E-state index contributed by atoms with van der Waals surface area (Å²) in [7, 11) is 1.91. The molecule has 2 heterocycles. The molecule has 0 amide bonds. The van der Waals surface area contributed by atoms with Crippen LogP contribution in [0.2, 0.25) is 0 Å². The van der Waals surface area contributed by atoms with Gasteiger partial charge < -0.3 is 4.57 Å². The van der Waals surface area contributed by atoms with Crippen LogP contribution < -0.4 is 11.0 Å². The van der Waals surface area contributed by atoms with Crippen molar-refractivity contribution in [2.24, 2.45) is 7.05 Å². The van der Waals surface area contributed by atoms with Crippen molar-refractivity contribution in [3.05, 3.63) is 68.0 Å². The summed E-state index contributed by atoms with van der Waals surface area (Å²) in [6.45, 7) is 4.02. The maximum atomic E-state index is 13.3. The minimum Gasteiger partial charge on any atom is -0.332 e. The van der Waals surface area contributed by atoms with Crippen LogP contribution >= 0.6 is 0 Å². The number of hydrogen-bond acceptors (Lipinski definition) is 3. The fourth-order valence-electron chi connectivity index (χ4n) is 3.80. The van der Waals surface area contributed by atoms with Crippen LogP contribution in [0.1, 0.15) is 43.3 Å². The van der Waals surface area contributed by atoms with Crippen molar-refractivity contribution < 1.29 is 0 Å². The Balaban J connectivity index is 2.21. The predicted octanol–water partition coefficient (Wildman–Crippen LogP) is 2.70. The van der Waals surface area contributed by atoms with Gasteiger partial charge in [-0.15, -0.1) is 0 Å². The van der Waals surface area contributed by atoms with Crippen molar-refractivity contribution in [3.63, 3.8) is 0 Å². The molecule has 1 aromatic carbocycles. The number of rotatable bonds is 2. The molecular weight excluding hydrogens is 314 g/mol. The predicted molar refractivity (Wildman–Crippen MR) is 98.7 cm³/mol. The van der Waals surface area contributed by atoms with Gasteiger partial charge in [0.25, 0.3) is 5.56 Å². The largest absolute Gasteiger partial charge is 0.332 e. The second-order valence-electron chi connectivity index (χ2n) is 6.97. The fraction of sp³-hybridized carbons (Fsp3) is 0.350. The standard InChI is InChI=1S/C20H21N3O2/c1-12(2)18-21-19-16(17(24)14-10-7-11-15(14)22(19)3)20(25)23(18)13-8-5-4-6-9-13/h4-6,8-9,12H,7,10-11H2,1-3H3. The molecule has 25 heavy (non-hydrogen) atoms. The molecule has 0 atom stereocenters. The molecule has 0 saturated carbocycles. The lowest BCUT2D eigenvalue weighted by Gasteiger charge is -2.18. The Labute approximate surface area is 145 Å². The quantitative estimate of drug-likeness (QED) is 0.723. The monoisotopic (exact) mass is 335 g/mol. The van der Waals surface area contributed by atoms with Gasteiger partial charge in [0.2, 0.25) is 0 Å². The maximum absolute atomic E-state index is 13.3. The summed E-state index contributed by atoms with van der Waals surface area (Å²) < 4.78 is 3.54. The first kappa shape index (κ1) is 15.8. The Morgan fingerprint density at radius 2 is 1.80 bits per heavy atom. The molecule has 4 rings (SSSR count). The molecule has 0 saturated heterocycles. The van der Waals surface area contributed by atoms with Crippen LogP contribution in [0.15, 0.2) is 39.9 Å². The first-order valence-corrected chi connectivity index (χ1v) is 8.73. The van der Waals surface area contributed by atoms with E-state index in [9.17, 15) is 9.59 Å². The Hall–Kier alpha value is -2.69. The van der Waals surface area contributed by atoms with Gasteiger partial charge in [0.1, 0.15) is 11.2 Å². The van der Waals surface area contributed by atoms with Crippen LogP contribution in [0.25, 0.3) is 16.7 Å². The van der Waals surface area contributed by atoms with E-state index in [-0.39, 0.29) is 22.3 Å². The lowest BCUT2D eigenvalue weighted by Crippen LogP contribution is -2.31. The summed E-state index contributed by atoms with van der Waals surface area (Å²) in [6.07, 6.45) is 2.57. The second-order valence-corrected chi connectivity index (χ2v) is 6.97. The molecule has 3 aromatic rings. The van der Waals surface area contributed by atoms with Gasteiger partial charge in [0, 0.05) is 24.2 Å². The molecule has 128 valence electrons. The van der Waals surface area contributed by atoms with Crippen molar-refractivity contribution in [1.29, 1.82) is 0 Å². The molecule has 0 N–H and O–H groups in total. The number of para-hydroxylation sites is 1. The Morgan fingerprint density at radius 3 is 2.48 bits per heavy atom. The molecule has 0 bridgehead atoms. The first-order chi connectivity index (χ1) is 12.0. The third kappa shape index (κ3) is 2.26. The van der Waals surface area contributed by atoms with E-state index < -0.39 is 0 Å². The Kier molecular flexibility index (Phi) is 3.60. The van der Waals surface area contributed by atoms with Crippen molar-refractivity contribution in [2.75, 3.05) is 0 Å². The highest BCUT2D eigenvalue weighted by atomic mass is 16.1. The summed E-state index contributed by atoms with van der Waals surface area (Å²) >= 11 is 0. The highest BCUT2D eigenvalue weighted by molar-refractivity contribution is 5.76. The topological polar surface area (TPSA) is 56.9 Å². The zero-order valence-electron chi connectivity index (χ0n) is 14.7. The number of hydrogen-bond donors (Lipinski definition) is 0. The SMILES string of the molecule is CC(C)c1nc2c(c(=O)c3c(n2C)CCC3)c(=O)n1-c1ccccc1. The Bertz CT molecular complexity index is 1090. The van der Waals surface area contributed by atoms with Crippen LogP contribution in [0.5, 0.6) is 0 Å². The molecule has 5 heteroatoms. The van der Waals surface area contributed by atoms with E-state index in [2.05, 4.69) is 0 Å². The lowest BCUT2D eigenvalue weighted by atomic mass is 10.1. The number of pyridine rings is 1. The van der Waals surface area contributed by atoms with Gasteiger partial charge >= 0.3 is 0 Å². The number of fused-ring (bicyclic) bond motifs is 2. The van der Waals surface area contributed by atoms with E-state index in [1.54, 1.807) is 4.57 Å². The number of benzene rings is 1. The summed E-state index contributed by atoms with van der Waals surface area (Å²) in [5.41, 5.74) is 2.65. The van der Waals surface area contributed by atoms with E-state index in [0.717, 1.165) is 36.2 Å². The van der Waals surface area contributed by atoms with Gasteiger partial charge in [-0.05, 0) is 31.4 Å². The summed E-state index contributed by atoms with van der Waals surface area (Å²) in [6, 6.07) is 9.43. The van der Waals surface area contributed by atoms with Crippen molar-refractivity contribution in [2.45, 2.75) is 39.0 Å². The minimum atomic E-state index is -0.268. The molecule has 2 aromatic heterocycles. The van der Waals surface area contributed by atoms with Crippen LogP contribution in [0.3, 0.4) is 0 Å². The van der Waals surface area contributed by atoms with Gasteiger partial charge in [-0.25, -0.2) is 4.98 Å². The molecule has 0 aliphatic heterocycles. The molecule has 1 aliphatic carbocycles. The molecule has 0 unspecified atom stereocenters. The van der Waals surface area contributed by atoms with Gasteiger partial charge in [0.15, 0.2) is 11.1 Å². The van der Waals surface area contributed by atoms with Crippen molar-refractivity contribution in [1.82, 2.24) is 14.1 Å². The Morgan fingerprint density at radius 1 is 1.08 bits per heavy atom. The molecular formula is C20H21N3O2. The summed E-state index contributed by atoms with van der Waals surface area (Å²) in [5.74, 6) is 0.734. The molecule has 0 radical (unpaired) electrons. The van der Waals surface area contributed by atoms with E-state index in [1.165, 1.54) is 0 Å². The molecule has 1 aliphatic rings. The molecule has 5 nitrogen and oxygen atoms in total. The van der Waals surface area contributed by atoms with E-state index in [0.29, 0.717) is 11.5 Å². The second kappa shape index (κ2) is 5.69. The van der Waals surface area contributed by atoms with E-state index in [4.69, 9.17) is 4.98 Å². The van der Waals surface area contributed by atoms with Gasteiger partial charge in [-0.1, -0.05) is 32.0 Å². The third-order valence-corrected chi connectivity index (χ3v) is 5.03. The van der Waals surface area contributed by atoms with Crippen LogP contribution in [-0.2, 0) is 19.9 Å². The first-order valence-electron chi connectivity index (χ1n) is 8.73. The van der Waals surface area contributed by atoms with Gasteiger partial charge in [-0.3, -0.25) is 14.2 Å². The zero-order chi connectivity index (χ0) is 17.7. The van der Waals surface area contributed by atoms with Gasteiger partial charge in [-0.2, -0.15) is 0 Å². The number of aryl methyl sites for hydroxylation is 1. The highest BCUT2D eigenvalue weighted by Gasteiger charge is 2.25. The maximum Gasteiger partial charge on any atom is 0.271 e. The number of aromatic nitrogens is 3.